The van der Waals surface area contributed by atoms with Crippen LogP contribution in [0.4, 0.5) is 10.7 Å². The summed E-state index contributed by atoms with van der Waals surface area (Å²) in [5.41, 5.74) is 0.198. The number of aliphatic hydroxyl groups is 1. The van der Waals surface area contributed by atoms with Crippen molar-refractivity contribution >= 4 is 22.0 Å². The maximum Gasteiger partial charge on any atom is 0.304 e. The van der Waals surface area contributed by atoms with E-state index in [4.69, 9.17) is 0 Å². The molecule has 1 aromatic heterocycles. The lowest BCUT2D eigenvalue weighted by molar-refractivity contribution is -0.383. The third-order valence-electron chi connectivity index (χ3n) is 4.43. The summed E-state index contributed by atoms with van der Waals surface area (Å²) in [6.45, 7) is 2.40. The molecule has 1 aliphatic rings. The largest absolute Gasteiger partial charge is 0.388 e. The van der Waals surface area contributed by atoms with E-state index in [1.165, 1.54) is 23.8 Å². The van der Waals surface area contributed by atoms with Gasteiger partial charge in [-0.3, -0.25) is 10.1 Å². The molecular weight excluding hydrogens is 290 g/mol. The first-order chi connectivity index (χ1) is 9.77. The van der Waals surface area contributed by atoms with Gasteiger partial charge in [-0.25, -0.2) is 0 Å². The van der Waals surface area contributed by atoms with E-state index < -0.39 is 6.10 Å². The molecule has 0 bridgehead atoms. The van der Waals surface area contributed by atoms with Gasteiger partial charge in [-0.1, -0.05) is 0 Å². The number of hydrogen-bond donors (Lipinski definition) is 1. The van der Waals surface area contributed by atoms with Crippen LogP contribution < -0.4 is 4.90 Å². The topological polar surface area (TPSA) is 69.8 Å². The number of anilines is 1. The van der Waals surface area contributed by atoms with Gasteiger partial charge in [-0.15, -0.1) is 11.3 Å². The van der Waals surface area contributed by atoms with Crippen LogP contribution in [0.2, 0.25) is 0 Å². The monoisotopic (exact) mass is 313 g/mol. The summed E-state index contributed by atoms with van der Waals surface area (Å²) < 4.78 is 0. The van der Waals surface area contributed by atoms with E-state index in [0.717, 1.165) is 19.4 Å². The zero-order valence-corrected chi connectivity index (χ0v) is 13.8. The van der Waals surface area contributed by atoms with Crippen molar-refractivity contribution < 1.29 is 10.0 Å². The number of thiophene rings is 1. The fraction of sp³-hybridized carbons (Fsp3) is 0.714. The summed E-state index contributed by atoms with van der Waals surface area (Å²) in [5.74, 6) is 0. The Labute approximate surface area is 129 Å². The molecule has 1 N–H and O–H groups in total. The summed E-state index contributed by atoms with van der Waals surface area (Å²) in [6.07, 6.45) is 2.76. The van der Waals surface area contributed by atoms with Gasteiger partial charge in [0.1, 0.15) is 0 Å². The summed E-state index contributed by atoms with van der Waals surface area (Å²) in [5, 5.41) is 21.5. The molecule has 1 unspecified atom stereocenters. The number of aliphatic hydroxyl groups excluding tert-OH is 1. The smallest absolute Gasteiger partial charge is 0.304 e. The Bertz CT molecular complexity index is 524. The maximum absolute atomic E-state index is 11.2. The third-order valence-corrected chi connectivity index (χ3v) is 5.84. The van der Waals surface area contributed by atoms with Gasteiger partial charge >= 0.3 is 5.69 Å². The molecule has 0 saturated heterocycles. The van der Waals surface area contributed by atoms with Gasteiger partial charge < -0.3 is 14.9 Å². The Balaban J connectivity index is 2.26. The van der Waals surface area contributed by atoms with Crippen LogP contribution in [-0.4, -0.2) is 48.2 Å². The predicted molar refractivity (Wildman–Crippen MR) is 85.1 cm³/mol. The zero-order chi connectivity index (χ0) is 15.8. The third kappa shape index (κ3) is 3.04. The second kappa shape index (κ2) is 5.90. The summed E-state index contributed by atoms with van der Waals surface area (Å²) >= 11 is 1.31. The van der Waals surface area contributed by atoms with Crippen LogP contribution in [0.15, 0.2) is 6.07 Å². The summed E-state index contributed by atoms with van der Waals surface area (Å²) in [4.78, 5) is 15.7. The van der Waals surface area contributed by atoms with Crippen molar-refractivity contribution in [1.29, 1.82) is 0 Å². The quantitative estimate of drug-likeness (QED) is 0.646. The van der Waals surface area contributed by atoms with Crippen LogP contribution in [0, 0.1) is 10.1 Å². The molecule has 0 aromatic carbocycles. The van der Waals surface area contributed by atoms with E-state index in [9.17, 15) is 15.2 Å². The van der Waals surface area contributed by atoms with Gasteiger partial charge in [0.15, 0.2) is 5.00 Å². The SMILES string of the molecule is CC(O)c1cc([N+](=O)[O-])c(N(C)CC2(N(C)C)CCC2)s1. The van der Waals surface area contributed by atoms with E-state index in [-0.39, 0.29) is 16.1 Å². The summed E-state index contributed by atoms with van der Waals surface area (Å²) in [6, 6.07) is 1.49. The molecule has 7 heteroatoms. The Morgan fingerprint density at radius 2 is 2.10 bits per heavy atom. The fourth-order valence-electron chi connectivity index (χ4n) is 2.84. The van der Waals surface area contributed by atoms with Crippen LogP contribution >= 0.6 is 11.3 Å². The first kappa shape index (κ1) is 16.2. The minimum Gasteiger partial charge on any atom is -0.388 e. The average Bonchev–Trinajstić information content (AvgIpc) is 2.78. The highest BCUT2D eigenvalue weighted by Crippen LogP contribution is 2.43. The van der Waals surface area contributed by atoms with Crippen LogP contribution in [0.25, 0.3) is 0 Å². The van der Waals surface area contributed by atoms with Gasteiger partial charge in [0.05, 0.1) is 11.0 Å². The standard InChI is InChI=1S/C14H23N3O3S/c1-10(18)12-8-11(17(19)20)13(21-12)16(4)9-14(15(2)3)6-5-7-14/h8,10,18H,5-7,9H2,1-4H3. The highest BCUT2D eigenvalue weighted by atomic mass is 32.1. The minimum absolute atomic E-state index is 0.0895. The van der Waals surface area contributed by atoms with Crippen molar-refractivity contribution in [1.82, 2.24) is 4.90 Å². The molecule has 2 rings (SSSR count). The molecule has 1 fully saturated rings. The average molecular weight is 313 g/mol. The summed E-state index contributed by atoms with van der Waals surface area (Å²) in [7, 11) is 6.03. The lowest BCUT2D eigenvalue weighted by Gasteiger charge is -2.49. The van der Waals surface area contributed by atoms with Crippen molar-refractivity contribution in [2.75, 3.05) is 32.6 Å². The van der Waals surface area contributed by atoms with Crippen molar-refractivity contribution in [3.63, 3.8) is 0 Å². The first-order valence-electron chi connectivity index (χ1n) is 7.11. The normalized spacial score (nSPS) is 18.4. The van der Waals surface area contributed by atoms with E-state index >= 15 is 0 Å². The molecule has 0 radical (unpaired) electrons. The van der Waals surface area contributed by atoms with Gasteiger partial charge in [0, 0.05) is 30.1 Å². The molecular formula is C14H23N3O3S. The lowest BCUT2D eigenvalue weighted by atomic mass is 9.75. The molecule has 1 atom stereocenters. The number of likely N-dealkylation sites (N-methyl/N-ethyl adjacent to an activating group) is 2. The zero-order valence-electron chi connectivity index (χ0n) is 13.0. The van der Waals surface area contributed by atoms with Crippen molar-refractivity contribution in [2.24, 2.45) is 0 Å². The van der Waals surface area contributed by atoms with Gasteiger partial charge in [0.25, 0.3) is 0 Å². The van der Waals surface area contributed by atoms with E-state index in [1.54, 1.807) is 6.92 Å². The van der Waals surface area contributed by atoms with E-state index in [1.807, 2.05) is 11.9 Å². The first-order valence-corrected chi connectivity index (χ1v) is 7.93. The fourth-order valence-corrected chi connectivity index (χ4v) is 3.87. The van der Waals surface area contributed by atoms with Gasteiger partial charge in [0.2, 0.25) is 0 Å². The molecule has 118 valence electrons. The van der Waals surface area contributed by atoms with E-state index in [2.05, 4.69) is 19.0 Å². The number of rotatable bonds is 6. The highest BCUT2D eigenvalue weighted by molar-refractivity contribution is 7.16. The number of nitrogens with zero attached hydrogens (tertiary/aromatic N) is 3. The molecule has 1 aromatic rings. The van der Waals surface area contributed by atoms with Gasteiger partial charge in [-0.2, -0.15) is 0 Å². The molecule has 0 spiro atoms. The molecule has 0 aliphatic heterocycles. The molecule has 21 heavy (non-hydrogen) atoms. The van der Waals surface area contributed by atoms with Crippen molar-refractivity contribution in [2.45, 2.75) is 37.8 Å². The van der Waals surface area contributed by atoms with Crippen LogP contribution in [0.1, 0.15) is 37.2 Å². The molecule has 1 aliphatic carbocycles. The van der Waals surface area contributed by atoms with Crippen LogP contribution in [-0.2, 0) is 0 Å². The molecule has 6 nitrogen and oxygen atoms in total. The highest BCUT2D eigenvalue weighted by Gasteiger charge is 2.41. The second-order valence-electron chi connectivity index (χ2n) is 6.10. The minimum atomic E-state index is -0.678. The Morgan fingerprint density at radius 1 is 1.48 bits per heavy atom. The van der Waals surface area contributed by atoms with Gasteiger partial charge in [-0.05, 0) is 40.3 Å². The number of nitro groups is 1. The molecule has 0 amide bonds. The van der Waals surface area contributed by atoms with Crippen LogP contribution in [0.3, 0.4) is 0 Å². The van der Waals surface area contributed by atoms with E-state index in [0.29, 0.717) is 9.88 Å². The maximum atomic E-state index is 11.2. The predicted octanol–water partition coefficient (Wildman–Crippen LogP) is 2.63. The Hall–Kier alpha value is -1.18. The van der Waals surface area contributed by atoms with Crippen molar-refractivity contribution in [3.8, 4) is 0 Å². The van der Waals surface area contributed by atoms with Crippen LogP contribution in [0.5, 0.6) is 0 Å². The Morgan fingerprint density at radius 3 is 2.48 bits per heavy atom. The number of hydrogen-bond acceptors (Lipinski definition) is 6. The lowest BCUT2D eigenvalue weighted by Crippen LogP contribution is -2.56. The second-order valence-corrected chi connectivity index (χ2v) is 7.16. The Kier molecular flexibility index (Phi) is 4.55. The van der Waals surface area contributed by atoms with Crippen molar-refractivity contribution in [3.05, 3.63) is 21.1 Å². The molecule has 1 heterocycles. The molecule has 1 saturated carbocycles.